The van der Waals surface area contributed by atoms with E-state index >= 15 is 0 Å². The third kappa shape index (κ3) is 2.17. The van der Waals surface area contributed by atoms with Crippen LogP contribution in [-0.4, -0.2) is 16.9 Å². The predicted molar refractivity (Wildman–Crippen MR) is 45.7 cm³/mol. The zero-order valence-electron chi connectivity index (χ0n) is 6.53. The molecule has 0 aromatic carbocycles. The first kappa shape index (κ1) is 8.93. The van der Waals surface area contributed by atoms with Crippen molar-refractivity contribution in [1.82, 2.24) is 0 Å². The number of hydrogen-bond donors (Lipinski definition) is 1. The highest BCUT2D eigenvalue weighted by atomic mass is 32.1. The van der Waals surface area contributed by atoms with E-state index in [9.17, 15) is 9.59 Å². The van der Waals surface area contributed by atoms with E-state index in [2.05, 4.69) is 0 Å². The standard InChI is InChI=1S/C8H8O3S/c1-5(9)7-2-6(4-12-7)3-8(10)11/h2,4H,3H2,1H3,(H,10,11). The summed E-state index contributed by atoms with van der Waals surface area (Å²) in [7, 11) is 0. The monoisotopic (exact) mass is 184 g/mol. The van der Waals surface area contributed by atoms with Gasteiger partial charge in [-0.1, -0.05) is 0 Å². The van der Waals surface area contributed by atoms with Gasteiger partial charge in [0.1, 0.15) is 0 Å². The summed E-state index contributed by atoms with van der Waals surface area (Å²) in [6.07, 6.45) is -0.0101. The summed E-state index contributed by atoms with van der Waals surface area (Å²) in [5.74, 6) is -0.889. The summed E-state index contributed by atoms with van der Waals surface area (Å²) in [4.78, 5) is 21.7. The zero-order chi connectivity index (χ0) is 9.14. The first-order valence-corrected chi connectivity index (χ1v) is 4.27. The van der Waals surface area contributed by atoms with E-state index in [0.717, 1.165) is 0 Å². The molecule has 0 aliphatic heterocycles. The number of carboxylic acid groups (broad SMARTS) is 1. The summed E-state index contributed by atoms with van der Waals surface area (Å²) in [6, 6.07) is 1.63. The zero-order valence-corrected chi connectivity index (χ0v) is 7.35. The van der Waals surface area contributed by atoms with E-state index in [0.29, 0.717) is 10.4 Å². The van der Waals surface area contributed by atoms with Crippen molar-refractivity contribution < 1.29 is 14.7 Å². The van der Waals surface area contributed by atoms with Gasteiger partial charge in [-0.2, -0.15) is 0 Å². The van der Waals surface area contributed by atoms with Gasteiger partial charge in [0.25, 0.3) is 0 Å². The van der Waals surface area contributed by atoms with Crippen LogP contribution in [0.2, 0.25) is 0 Å². The smallest absolute Gasteiger partial charge is 0.307 e. The molecule has 64 valence electrons. The topological polar surface area (TPSA) is 54.4 Å². The van der Waals surface area contributed by atoms with Crippen molar-refractivity contribution in [2.24, 2.45) is 0 Å². The number of carboxylic acids is 1. The summed E-state index contributed by atoms with van der Waals surface area (Å²) < 4.78 is 0. The van der Waals surface area contributed by atoms with Crippen molar-refractivity contribution >= 4 is 23.1 Å². The van der Waals surface area contributed by atoms with E-state index in [1.54, 1.807) is 11.4 Å². The molecule has 1 N–H and O–H groups in total. The van der Waals surface area contributed by atoms with E-state index < -0.39 is 5.97 Å². The summed E-state index contributed by atoms with van der Waals surface area (Å²) >= 11 is 1.29. The molecule has 12 heavy (non-hydrogen) atoms. The SMILES string of the molecule is CC(=O)c1cc(CC(=O)O)cs1. The summed E-state index contributed by atoms with van der Waals surface area (Å²) in [5.41, 5.74) is 0.692. The molecule has 3 nitrogen and oxygen atoms in total. The maximum Gasteiger partial charge on any atom is 0.307 e. The number of hydrogen-bond acceptors (Lipinski definition) is 3. The molecule has 0 saturated heterocycles. The van der Waals surface area contributed by atoms with Crippen LogP contribution in [0, 0.1) is 0 Å². The normalized spacial score (nSPS) is 9.75. The molecule has 1 heterocycles. The molecule has 1 rings (SSSR count). The van der Waals surface area contributed by atoms with Crippen LogP contribution in [0.4, 0.5) is 0 Å². The van der Waals surface area contributed by atoms with Crippen LogP contribution in [-0.2, 0) is 11.2 Å². The van der Waals surface area contributed by atoms with Gasteiger partial charge in [0.05, 0.1) is 11.3 Å². The van der Waals surface area contributed by atoms with Crippen LogP contribution in [0.15, 0.2) is 11.4 Å². The second-order valence-electron chi connectivity index (χ2n) is 2.45. The largest absolute Gasteiger partial charge is 0.481 e. The molecule has 0 atom stereocenters. The molecular formula is C8H8O3S. The minimum Gasteiger partial charge on any atom is -0.481 e. The number of ketones is 1. The van der Waals surface area contributed by atoms with Crippen LogP contribution in [0.25, 0.3) is 0 Å². The molecule has 0 amide bonds. The average Bonchev–Trinajstić information content (AvgIpc) is 2.34. The molecule has 1 aromatic rings. The molecule has 0 spiro atoms. The van der Waals surface area contributed by atoms with Crippen LogP contribution in [0.3, 0.4) is 0 Å². The van der Waals surface area contributed by atoms with Gasteiger partial charge in [-0.25, -0.2) is 0 Å². The summed E-state index contributed by atoms with van der Waals surface area (Å²) in [6.45, 7) is 1.47. The number of aliphatic carboxylic acids is 1. The van der Waals surface area contributed by atoms with Crippen molar-refractivity contribution in [1.29, 1.82) is 0 Å². The predicted octanol–water partition coefficient (Wildman–Crippen LogP) is 1.58. The van der Waals surface area contributed by atoms with E-state index in [4.69, 9.17) is 5.11 Å². The maximum atomic E-state index is 10.8. The molecule has 0 bridgehead atoms. The highest BCUT2D eigenvalue weighted by Crippen LogP contribution is 2.15. The fraction of sp³-hybridized carbons (Fsp3) is 0.250. The fourth-order valence-electron chi connectivity index (χ4n) is 0.828. The number of carbonyl (C=O) groups is 2. The fourth-order valence-corrected chi connectivity index (χ4v) is 1.64. The van der Waals surface area contributed by atoms with Gasteiger partial charge in [0, 0.05) is 0 Å². The van der Waals surface area contributed by atoms with Crippen LogP contribution in [0.1, 0.15) is 22.2 Å². The Morgan fingerprint density at radius 1 is 1.58 bits per heavy atom. The first-order valence-electron chi connectivity index (χ1n) is 3.39. The van der Waals surface area contributed by atoms with Gasteiger partial charge < -0.3 is 5.11 Å². The lowest BCUT2D eigenvalue weighted by Gasteiger charge is -1.87. The molecule has 4 heteroatoms. The van der Waals surface area contributed by atoms with Gasteiger partial charge in [-0.05, 0) is 23.9 Å². The van der Waals surface area contributed by atoms with Gasteiger partial charge in [-0.3, -0.25) is 9.59 Å². The Morgan fingerprint density at radius 3 is 2.67 bits per heavy atom. The minimum absolute atomic E-state index is 0.0101. The van der Waals surface area contributed by atoms with E-state index in [-0.39, 0.29) is 12.2 Å². The quantitative estimate of drug-likeness (QED) is 0.725. The Kier molecular flexibility index (Phi) is 2.60. The van der Waals surface area contributed by atoms with Crippen molar-refractivity contribution in [2.75, 3.05) is 0 Å². The Balaban J connectivity index is 2.77. The lowest BCUT2D eigenvalue weighted by atomic mass is 10.2. The average molecular weight is 184 g/mol. The van der Waals surface area contributed by atoms with Gasteiger partial charge in [-0.15, -0.1) is 11.3 Å². The third-order valence-electron chi connectivity index (χ3n) is 1.36. The molecule has 0 unspecified atom stereocenters. The lowest BCUT2D eigenvalue weighted by Crippen LogP contribution is -1.98. The maximum absolute atomic E-state index is 10.8. The number of Topliss-reactive ketones (excluding diaryl/α,β-unsaturated/α-hetero) is 1. The molecule has 0 aliphatic rings. The third-order valence-corrected chi connectivity index (χ3v) is 2.44. The van der Waals surface area contributed by atoms with Crippen LogP contribution >= 0.6 is 11.3 Å². The van der Waals surface area contributed by atoms with Crippen LogP contribution < -0.4 is 0 Å². The number of rotatable bonds is 3. The Labute approximate surface area is 73.6 Å². The molecule has 0 saturated carbocycles. The minimum atomic E-state index is -0.872. The highest BCUT2D eigenvalue weighted by molar-refractivity contribution is 7.12. The molecule has 0 radical (unpaired) electrons. The molecular weight excluding hydrogens is 176 g/mol. The summed E-state index contributed by atoms with van der Waals surface area (Å²) in [5, 5.41) is 10.1. The molecule has 0 fully saturated rings. The molecule has 1 aromatic heterocycles. The van der Waals surface area contributed by atoms with Crippen molar-refractivity contribution in [3.63, 3.8) is 0 Å². The number of carbonyl (C=O) groups excluding carboxylic acids is 1. The van der Waals surface area contributed by atoms with Crippen LogP contribution in [0.5, 0.6) is 0 Å². The number of thiophene rings is 1. The Bertz CT molecular complexity index is 314. The highest BCUT2D eigenvalue weighted by Gasteiger charge is 2.06. The van der Waals surface area contributed by atoms with E-state index in [1.165, 1.54) is 18.3 Å². The van der Waals surface area contributed by atoms with Crippen molar-refractivity contribution in [3.8, 4) is 0 Å². The van der Waals surface area contributed by atoms with Crippen molar-refractivity contribution in [2.45, 2.75) is 13.3 Å². The Hall–Kier alpha value is -1.16. The Morgan fingerprint density at radius 2 is 2.25 bits per heavy atom. The van der Waals surface area contributed by atoms with Gasteiger partial charge in [0.15, 0.2) is 5.78 Å². The second-order valence-corrected chi connectivity index (χ2v) is 3.36. The lowest BCUT2D eigenvalue weighted by molar-refractivity contribution is -0.136. The molecule has 0 aliphatic carbocycles. The van der Waals surface area contributed by atoms with E-state index in [1.807, 2.05) is 0 Å². The van der Waals surface area contributed by atoms with Gasteiger partial charge in [0.2, 0.25) is 0 Å². The first-order chi connectivity index (χ1) is 5.59. The van der Waals surface area contributed by atoms with Crippen molar-refractivity contribution in [3.05, 3.63) is 21.9 Å². The second kappa shape index (κ2) is 3.49. The van der Waals surface area contributed by atoms with Gasteiger partial charge >= 0.3 is 5.97 Å².